The molecule has 1 aliphatic rings. The van der Waals surface area contributed by atoms with E-state index in [0.717, 1.165) is 12.8 Å². The van der Waals surface area contributed by atoms with Gasteiger partial charge >= 0.3 is 5.97 Å². The predicted octanol–water partition coefficient (Wildman–Crippen LogP) is 4.33. The molecule has 1 unspecified atom stereocenters. The molecule has 2 rings (SSSR count). The fourth-order valence-corrected chi connectivity index (χ4v) is 2.93. The molecule has 2 atom stereocenters. The maximum atomic E-state index is 11.7. The summed E-state index contributed by atoms with van der Waals surface area (Å²) >= 11 is 0. The van der Waals surface area contributed by atoms with Crippen LogP contribution in [0.15, 0.2) is 35.3 Å². The molecule has 114 valence electrons. The summed E-state index contributed by atoms with van der Waals surface area (Å²) in [6.45, 7) is 4.43. The molecule has 1 fully saturated rings. The molecular weight excluding hydrogens is 262 g/mol. The average molecular weight is 287 g/mol. The summed E-state index contributed by atoms with van der Waals surface area (Å²) in [6.07, 6.45) is 4.91. The lowest BCUT2D eigenvalue weighted by molar-refractivity contribution is -0.143. The van der Waals surface area contributed by atoms with Crippen LogP contribution in [-0.4, -0.2) is 18.3 Å². The fourth-order valence-electron chi connectivity index (χ4n) is 2.93. The summed E-state index contributed by atoms with van der Waals surface area (Å²) in [6, 6.07) is 10.5. The molecule has 0 amide bonds. The Morgan fingerprint density at radius 2 is 2.10 bits per heavy atom. The van der Waals surface area contributed by atoms with Crippen LogP contribution < -0.4 is 0 Å². The van der Waals surface area contributed by atoms with Crippen molar-refractivity contribution in [1.29, 1.82) is 0 Å². The van der Waals surface area contributed by atoms with Gasteiger partial charge in [-0.1, -0.05) is 36.8 Å². The van der Waals surface area contributed by atoms with Crippen molar-refractivity contribution in [3.63, 3.8) is 0 Å². The molecule has 21 heavy (non-hydrogen) atoms. The topological polar surface area (TPSA) is 38.7 Å². The molecule has 0 radical (unpaired) electrons. The highest BCUT2D eigenvalue weighted by atomic mass is 16.5. The van der Waals surface area contributed by atoms with Crippen LogP contribution in [0, 0.1) is 5.92 Å². The van der Waals surface area contributed by atoms with E-state index in [1.165, 1.54) is 24.1 Å². The molecule has 0 aliphatic heterocycles. The first-order valence-corrected chi connectivity index (χ1v) is 7.97. The van der Waals surface area contributed by atoms with Gasteiger partial charge in [-0.2, -0.15) is 0 Å². The second-order valence-corrected chi connectivity index (χ2v) is 5.66. The van der Waals surface area contributed by atoms with E-state index in [-0.39, 0.29) is 17.9 Å². The highest BCUT2D eigenvalue weighted by Crippen LogP contribution is 2.28. The van der Waals surface area contributed by atoms with E-state index in [0.29, 0.717) is 13.0 Å². The number of rotatable bonds is 5. The van der Waals surface area contributed by atoms with Crippen LogP contribution >= 0.6 is 0 Å². The predicted molar refractivity (Wildman–Crippen MR) is 85.5 cm³/mol. The van der Waals surface area contributed by atoms with Gasteiger partial charge in [-0.15, -0.1) is 0 Å². The standard InChI is InChI=1S/C18H25NO2/c1-3-21-18(20)13-16-11-7-8-12-17(16)19-14(2)15-9-5-4-6-10-15/h4-6,9-10,14,16H,3,7-8,11-13H2,1-2H3/t14-,16?/m1/s1. The molecule has 1 aliphatic carbocycles. The van der Waals surface area contributed by atoms with E-state index >= 15 is 0 Å². The van der Waals surface area contributed by atoms with Crippen molar-refractivity contribution in [2.24, 2.45) is 10.9 Å². The fraction of sp³-hybridized carbons (Fsp3) is 0.556. The lowest BCUT2D eigenvalue weighted by Crippen LogP contribution is -2.24. The highest BCUT2D eigenvalue weighted by Gasteiger charge is 2.24. The monoisotopic (exact) mass is 287 g/mol. The van der Waals surface area contributed by atoms with Crippen LogP contribution in [-0.2, 0) is 9.53 Å². The number of hydrogen-bond acceptors (Lipinski definition) is 3. The molecule has 1 saturated carbocycles. The Hall–Kier alpha value is -1.64. The summed E-state index contributed by atoms with van der Waals surface area (Å²) in [4.78, 5) is 16.6. The van der Waals surface area contributed by atoms with Crippen molar-refractivity contribution in [1.82, 2.24) is 0 Å². The number of carbonyl (C=O) groups excluding carboxylic acids is 1. The number of esters is 1. The third kappa shape index (κ3) is 4.69. The van der Waals surface area contributed by atoms with Gasteiger partial charge in [0.05, 0.1) is 19.1 Å². The Morgan fingerprint density at radius 3 is 2.81 bits per heavy atom. The molecule has 1 aromatic rings. The van der Waals surface area contributed by atoms with Crippen molar-refractivity contribution in [3.8, 4) is 0 Å². The van der Waals surface area contributed by atoms with Gasteiger partial charge in [-0.05, 0) is 38.7 Å². The minimum atomic E-state index is -0.0931. The molecule has 0 saturated heterocycles. The lowest BCUT2D eigenvalue weighted by atomic mass is 9.84. The molecule has 3 heteroatoms. The molecule has 0 heterocycles. The summed E-state index contributed by atoms with van der Waals surface area (Å²) in [5.41, 5.74) is 2.43. The minimum absolute atomic E-state index is 0.0931. The molecule has 0 spiro atoms. The summed E-state index contributed by atoms with van der Waals surface area (Å²) in [5, 5.41) is 0. The molecular formula is C18H25NO2. The van der Waals surface area contributed by atoms with Gasteiger partial charge in [-0.25, -0.2) is 0 Å². The Labute approximate surface area is 127 Å². The number of aliphatic imine (C=N–C) groups is 1. The maximum Gasteiger partial charge on any atom is 0.306 e. The highest BCUT2D eigenvalue weighted by molar-refractivity contribution is 5.90. The molecule has 3 nitrogen and oxygen atoms in total. The number of ether oxygens (including phenoxy) is 1. The first-order valence-electron chi connectivity index (χ1n) is 7.97. The Kier molecular flexibility index (Phi) is 5.97. The number of nitrogens with zero attached hydrogens (tertiary/aromatic N) is 1. The van der Waals surface area contributed by atoms with Gasteiger partial charge < -0.3 is 4.74 Å². The van der Waals surface area contributed by atoms with Crippen LogP contribution in [0.3, 0.4) is 0 Å². The number of carbonyl (C=O) groups is 1. The van der Waals surface area contributed by atoms with Gasteiger partial charge in [0.1, 0.15) is 0 Å². The van der Waals surface area contributed by atoms with Crippen LogP contribution in [0.4, 0.5) is 0 Å². The van der Waals surface area contributed by atoms with Crippen molar-refractivity contribution in [3.05, 3.63) is 35.9 Å². The van der Waals surface area contributed by atoms with E-state index in [9.17, 15) is 4.79 Å². The summed E-state index contributed by atoms with van der Waals surface area (Å²) < 4.78 is 5.09. The van der Waals surface area contributed by atoms with Crippen LogP contribution in [0.25, 0.3) is 0 Å². The normalized spacial score (nSPS) is 22.0. The van der Waals surface area contributed by atoms with Gasteiger partial charge in [0.2, 0.25) is 0 Å². The molecule has 1 aromatic carbocycles. The van der Waals surface area contributed by atoms with Crippen molar-refractivity contribution < 1.29 is 9.53 Å². The van der Waals surface area contributed by atoms with E-state index in [2.05, 4.69) is 19.1 Å². The average Bonchev–Trinajstić information content (AvgIpc) is 2.50. The first-order chi connectivity index (χ1) is 10.2. The third-order valence-corrected chi connectivity index (χ3v) is 4.07. The van der Waals surface area contributed by atoms with Crippen molar-refractivity contribution >= 4 is 11.7 Å². The minimum Gasteiger partial charge on any atom is -0.466 e. The number of hydrogen-bond donors (Lipinski definition) is 0. The zero-order chi connectivity index (χ0) is 15.1. The quantitative estimate of drug-likeness (QED) is 0.756. The Balaban J connectivity index is 2.07. The zero-order valence-corrected chi connectivity index (χ0v) is 13.0. The second-order valence-electron chi connectivity index (χ2n) is 5.66. The van der Waals surface area contributed by atoms with Gasteiger partial charge in [0.15, 0.2) is 0 Å². The third-order valence-electron chi connectivity index (χ3n) is 4.07. The second kappa shape index (κ2) is 7.96. The summed E-state index contributed by atoms with van der Waals surface area (Å²) in [5.74, 6) is 0.174. The zero-order valence-electron chi connectivity index (χ0n) is 13.0. The number of benzene rings is 1. The van der Waals surface area contributed by atoms with E-state index in [1.807, 2.05) is 25.1 Å². The first kappa shape index (κ1) is 15.7. The Morgan fingerprint density at radius 1 is 1.33 bits per heavy atom. The molecule has 0 N–H and O–H groups in total. The molecule has 0 bridgehead atoms. The van der Waals surface area contributed by atoms with E-state index in [4.69, 9.17) is 9.73 Å². The lowest BCUT2D eigenvalue weighted by Gasteiger charge is -2.25. The van der Waals surface area contributed by atoms with E-state index < -0.39 is 0 Å². The van der Waals surface area contributed by atoms with Gasteiger partial charge in [-0.3, -0.25) is 9.79 Å². The smallest absolute Gasteiger partial charge is 0.306 e. The van der Waals surface area contributed by atoms with Crippen molar-refractivity contribution in [2.75, 3.05) is 6.61 Å². The van der Waals surface area contributed by atoms with Gasteiger partial charge in [0, 0.05) is 11.6 Å². The van der Waals surface area contributed by atoms with E-state index in [1.54, 1.807) is 0 Å². The van der Waals surface area contributed by atoms with Crippen LogP contribution in [0.5, 0.6) is 0 Å². The van der Waals surface area contributed by atoms with Crippen LogP contribution in [0.2, 0.25) is 0 Å². The molecule has 0 aromatic heterocycles. The van der Waals surface area contributed by atoms with Gasteiger partial charge in [0.25, 0.3) is 0 Å². The van der Waals surface area contributed by atoms with Crippen molar-refractivity contribution in [2.45, 2.75) is 52.0 Å². The SMILES string of the molecule is CCOC(=O)CC1CCCCC1=N[C@H](C)c1ccccc1. The largest absolute Gasteiger partial charge is 0.466 e. The Bertz CT molecular complexity index is 481. The summed E-state index contributed by atoms with van der Waals surface area (Å²) in [7, 11) is 0. The van der Waals surface area contributed by atoms with Crippen LogP contribution in [0.1, 0.15) is 57.6 Å². The maximum absolute atomic E-state index is 11.7.